The van der Waals surface area contributed by atoms with Crippen molar-refractivity contribution in [1.82, 2.24) is 9.97 Å². The van der Waals surface area contributed by atoms with E-state index < -0.39 is 0 Å². The second-order valence-electron chi connectivity index (χ2n) is 13.6. The molecule has 0 N–H and O–H groups in total. The molecule has 0 aliphatic carbocycles. The summed E-state index contributed by atoms with van der Waals surface area (Å²) in [5.41, 5.74) is 12.5. The average molecular weight is 651 g/mol. The van der Waals surface area contributed by atoms with Crippen molar-refractivity contribution >= 4 is 51.3 Å². The monoisotopic (exact) mass is 650 g/mol. The van der Waals surface area contributed by atoms with Crippen molar-refractivity contribution in [1.29, 1.82) is 0 Å². The molecule has 0 bridgehead atoms. The zero-order valence-electron chi connectivity index (χ0n) is 28.3. The Morgan fingerprint density at radius 1 is 0.540 bits per heavy atom. The fourth-order valence-corrected chi connectivity index (χ4v) is 9.47. The van der Waals surface area contributed by atoms with E-state index in [0.717, 1.165) is 36.6 Å². The van der Waals surface area contributed by atoms with Crippen LogP contribution in [0.2, 0.25) is 0 Å². The van der Waals surface area contributed by atoms with Gasteiger partial charge < -0.3 is 19.6 Å². The molecular formula is C44H38N6. The lowest BCUT2D eigenvalue weighted by molar-refractivity contribution is 0.514. The largest absolute Gasteiger partial charge is 0.314 e. The molecule has 2 unspecified atom stereocenters. The summed E-state index contributed by atoms with van der Waals surface area (Å²) >= 11 is 0. The van der Waals surface area contributed by atoms with Gasteiger partial charge in [0.1, 0.15) is 12.3 Å². The lowest BCUT2D eigenvalue weighted by Crippen LogP contribution is -2.44. The standard InChI is InChI=1S/C44H38N6/c1-3-44(4-2)34-22-12-14-24-36(34)49-38-26-16-15-25-37(38)47(30-17-7-5-8-18-30)43(49)33-29-39-48(31-19-9-6-10-20-31)41-42(46-28-27-45-41)50(39)35-23-13-11-21-32(35)40(33)44/h5-28,39,43H,3-4,29H2,1-2H3. The molecule has 5 aromatic carbocycles. The summed E-state index contributed by atoms with van der Waals surface area (Å²) in [5.74, 6) is 1.79. The van der Waals surface area contributed by atoms with E-state index >= 15 is 0 Å². The van der Waals surface area contributed by atoms with Gasteiger partial charge in [-0.3, -0.25) is 0 Å². The Hall–Kier alpha value is -5.88. The van der Waals surface area contributed by atoms with Crippen molar-refractivity contribution in [2.75, 3.05) is 19.6 Å². The summed E-state index contributed by atoms with van der Waals surface area (Å²) < 4.78 is 0. The number of fused-ring (bicyclic) bond motifs is 12. The summed E-state index contributed by atoms with van der Waals surface area (Å²) in [4.78, 5) is 20.2. The summed E-state index contributed by atoms with van der Waals surface area (Å²) in [6.07, 6.45) is 6.22. The summed E-state index contributed by atoms with van der Waals surface area (Å²) in [7, 11) is 0. The van der Waals surface area contributed by atoms with E-state index in [1.165, 1.54) is 50.7 Å². The lowest BCUT2D eigenvalue weighted by atomic mass is 9.66. The Bertz CT molecular complexity index is 2280. The normalized spacial score (nSPS) is 19.4. The summed E-state index contributed by atoms with van der Waals surface area (Å²) in [6, 6.07) is 48.9. The molecule has 5 heterocycles. The highest BCUT2D eigenvalue weighted by molar-refractivity contribution is 5.99. The van der Waals surface area contributed by atoms with Gasteiger partial charge in [-0.05, 0) is 78.1 Å². The third kappa shape index (κ3) is 3.84. The maximum absolute atomic E-state index is 5.05. The third-order valence-electron chi connectivity index (χ3n) is 11.5. The van der Waals surface area contributed by atoms with Gasteiger partial charge in [-0.25, -0.2) is 9.97 Å². The van der Waals surface area contributed by atoms with Crippen molar-refractivity contribution in [2.45, 2.75) is 50.9 Å². The summed E-state index contributed by atoms with van der Waals surface area (Å²) in [5, 5.41) is 0. The minimum Gasteiger partial charge on any atom is -0.314 e. The van der Waals surface area contributed by atoms with Crippen molar-refractivity contribution in [3.8, 4) is 0 Å². The number of hydrogen-bond acceptors (Lipinski definition) is 6. The Morgan fingerprint density at radius 3 is 1.72 bits per heavy atom. The molecular weight excluding hydrogens is 613 g/mol. The molecule has 2 atom stereocenters. The van der Waals surface area contributed by atoms with Crippen molar-refractivity contribution in [3.05, 3.63) is 163 Å². The molecule has 6 aromatic rings. The van der Waals surface area contributed by atoms with Crippen LogP contribution in [-0.2, 0) is 5.41 Å². The van der Waals surface area contributed by atoms with Gasteiger partial charge in [0.25, 0.3) is 0 Å². The first kappa shape index (κ1) is 29.1. The van der Waals surface area contributed by atoms with Crippen LogP contribution >= 0.6 is 0 Å². The molecule has 0 spiro atoms. The molecule has 1 aromatic heterocycles. The zero-order chi connectivity index (χ0) is 33.4. The van der Waals surface area contributed by atoms with Crippen LogP contribution in [0.15, 0.2) is 151 Å². The predicted molar refractivity (Wildman–Crippen MR) is 204 cm³/mol. The fourth-order valence-electron chi connectivity index (χ4n) is 9.47. The quantitative estimate of drug-likeness (QED) is 0.189. The van der Waals surface area contributed by atoms with E-state index in [0.29, 0.717) is 0 Å². The number of hydrogen-bond donors (Lipinski definition) is 0. The predicted octanol–water partition coefficient (Wildman–Crippen LogP) is 10.6. The number of anilines is 8. The number of allylic oxidation sites excluding steroid dienone is 1. The highest BCUT2D eigenvalue weighted by Crippen LogP contribution is 2.62. The second kappa shape index (κ2) is 11.1. The van der Waals surface area contributed by atoms with E-state index in [1.54, 1.807) is 0 Å². The van der Waals surface area contributed by atoms with E-state index in [-0.39, 0.29) is 17.7 Å². The van der Waals surface area contributed by atoms with Gasteiger partial charge in [-0.1, -0.05) is 98.8 Å². The smallest absolute Gasteiger partial charge is 0.178 e. The van der Waals surface area contributed by atoms with E-state index in [4.69, 9.17) is 9.97 Å². The van der Waals surface area contributed by atoms with Crippen LogP contribution in [0.25, 0.3) is 5.57 Å². The molecule has 10 rings (SSSR count). The number of aromatic nitrogens is 2. The fraction of sp³-hybridized carbons (Fsp3) is 0.182. The lowest BCUT2D eigenvalue weighted by Gasteiger charge is -2.38. The van der Waals surface area contributed by atoms with Gasteiger partial charge in [-0.15, -0.1) is 0 Å². The van der Waals surface area contributed by atoms with Gasteiger partial charge in [0.2, 0.25) is 0 Å². The van der Waals surface area contributed by atoms with E-state index in [2.05, 4.69) is 167 Å². The third-order valence-corrected chi connectivity index (χ3v) is 11.5. The number of para-hydroxylation sites is 6. The Labute approximate surface area is 293 Å². The first-order valence-electron chi connectivity index (χ1n) is 17.8. The highest BCUT2D eigenvalue weighted by atomic mass is 15.5. The Balaban J connectivity index is 1.34. The van der Waals surface area contributed by atoms with Crippen LogP contribution in [0.4, 0.5) is 45.8 Å². The van der Waals surface area contributed by atoms with Gasteiger partial charge in [0.05, 0.1) is 17.1 Å². The van der Waals surface area contributed by atoms with Crippen molar-refractivity contribution < 1.29 is 0 Å². The molecule has 0 saturated heterocycles. The zero-order valence-corrected chi connectivity index (χ0v) is 28.3. The molecule has 244 valence electrons. The van der Waals surface area contributed by atoms with Crippen LogP contribution in [0.1, 0.15) is 44.2 Å². The van der Waals surface area contributed by atoms with Gasteiger partial charge in [0, 0.05) is 46.9 Å². The number of benzene rings is 5. The molecule has 50 heavy (non-hydrogen) atoms. The molecule has 4 aliphatic rings. The van der Waals surface area contributed by atoms with Crippen LogP contribution in [0.5, 0.6) is 0 Å². The molecule has 0 radical (unpaired) electrons. The minimum atomic E-state index is -0.230. The molecule has 0 fully saturated rings. The van der Waals surface area contributed by atoms with Gasteiger partial charge in [-0.2, -0.15) is 0 Å². The average Bonchev–Trinajstić information content (AvgIpc) is 3.61. The first-order valence-corrected chi connectivity index (χ1v) is 17.8. The second-order valence-corrected chi connectivity index (χ2v) is 13.6. The first-order chi connectivity index (χ1) is 24.7. The van der Waals surface area contributed by atoms with Crippen LogP contribution in [0.3, 0.4) is 0 Å². The molecule has 0 saturated carbocycles. The maximum Gasteiger partial charge on any atom is 0.178 e. The maximum atomic E-state index is 5.05. The van der Waals surface area contributed by atoms with Gasteiger partial charge >= 0.3 is 0 Å². The number of rotatable bonds is 4. The van der Waals surface area contributed by atoms with E-state index in [9.17, 15) is 0 Å². The van der Waals surface area contributed by atoms with Crippen molar-refractivity contribution in [3.63, 3.8) is 0 Å². The molecule has 4 aliphatic heterocycles. The topological polar surface area (TPSA) is 38.7 Å². The van der Waals surface area contributed by atoms with Crippen molar-refractivity contribution in [2.24, 2.45) is 0 Å². The minimum absolute atomic E-state index is 0.0840. The van der Waals surface area contributed by atoms with Crippen LogP contribution in [0, 0.1) is 0 Å². The summed E-state index contributed by atoms with van der Waals surface area (Å²) in [6.45, 7) is 4.77. The SMILES string of the molecule is CCC1(CC)C2=C(CC3N(c4ccccc4)c4nccnc4N3c3ccccc32)C2N(c3ccccc3)c3ccccc3N2c2ccccc21. The Morgan fingerprint density at radius 2 is 1.06 bits per heavy atom. The van der Waals surface area contributed by atoms with Crippen LogP contribution < -0.4 is 19.6 Å². The molecule has 6 nitrogen and oxygen atoms in total. The molecule has 6 heteroatoms. The van der Waals surface area contributed by atoms with E-state index in [1.807, 2.05) is 12.4 Å². The van der Waals surface area contributed by atoms with Crippen LogP contribution in [-0.4, -0.2) is 22.3 Å². The van der Waals surface area contributed by atoms with Gasteiger partial charge in [0.15, 0.2) is 11.6 Å². The number of nitrogens with zero attached hydrogens (tertiary/aromatic N) is 6. The highest BCUT2D eigenvalue weighted by Gasteiger charge is 2.53. The Kier molecular flexibility index (Phi) is 6.44. The molecule has 0 amide bonds.